The average molecular weight is 338 g/mol. The van der Waals surface area contributed by atoms with Crippen LogP contribution in [0.2, 0.25) is 5.02 Å². The molecular formula is C16H17ClFN3O2. The number of H-pyrrole nitrogens is 1. The third kappa shape index (κ3) is 3.23. The van der Waals surface area contributed by atoms with Crippen LogP contribution in [0.4, 0.5) is 4.39 Å². The molecular weight excluding hydrogens is 321 g/mol. The number of aromatic nitrogens is 2. The summed E-state index contributed by atoms with van der Waals surface area (Å²) in [5, 5.41) is 0.0223. The number of methoxy groups -OCH3 is 1. The third-order valence-electron chi connectivity index (χ3n) is 4.12. The van der Waals surface area contributed by atoms with E-state index in [1.54, 1.807) is 36.5 Å². The van der Waals surface area contributed by atoms with Crippen LogP contribution in [-0.4, -0.2) is 40.5 Å². The van der Waals surface area contributed by atoms with Crippen LogP contribution < -0.4 is 0 Å². The number of hydrogen-bond donors (Lipinski definition) is 1. The van der Waals surface area contributed by atoms with Crippen molar-refractivity contribution in [1.82, 2.24) is 14.9 Å². The van der Waals surface area contributed by atoms with Gasteiger partial charge in [0.25, 0.3) is 0 Å². The van der Waals surface area contributed by atoms with Crippen molar-refractivity contribution in [2.45, 2.75) is 25.0 Å². The highest BCUT2D eigenvalue weighted by Crippen LogP contribution is 2.32. The maximum Gasteiger partial charge on any atom is 0.227 e. The van der Waals surface area contributed by atoms with Crippen molar-refractivity contribution in [2.75, 3.05) is 13.7 Å². The largest absolute Gasteiger partial charge is 0.380 e. The van der Waals surface area contributed by atoms with Crippen molar-refractivity contribution >= 4 is 17.5 Å². The monoisotopic (exact) mass is 337 g/mol. The third-order valence-corrected chi connectivity index (χ3v) is 4.42. The molecule has 2 heterocycles. The molecule has 1 fully saturated rings. The van der Waals surface area contributed by atoms with Crippen molar-refractivity contribution in [3.63, 3.8) is 0 Å². The number of nitrogens with zero attached hydrogens (tertiary/aromatic N) is 2. The Morgan fingerprint density at radius 3 is 3.09 bits per heavy atom. The van der Waals surface area contributed by atoms with Crippen molar-refractivity contribution in [3.8, 4) is 0 Å². The number of hydrogen-bond acceptors (Lipinski definition) is 3. The van der Waals surface area contributed by atoms with E-state index >= 15 is 0 Å². The second-order valence-electron chi connectivity index (χ2n) is 5.52. The summed E-state index contributed by atoms with van der Waals surface area (Å²) >= 11 is 5.78. The summed E-state index contributed by atoms with van der Waals surface area (Å²) < 4.78 is 19.4. The first-order chi connectivity index (χ1) is 11.1. The molecule has 7 heteroatoms. The molecule has 1 amide bonds. The number of imidazole rings is 1. The molecule has 1 aromatic heterocycles. The predicted octanol–water partition coefficient (Wildman–Crippen LogP) is 2.73. The first kappa shape index (κ1) is 16.0. The number of carbonyl (C=O) groups is 1. The zero-order valence-electron chi connectivity index (χ0n) is 12.6. The number of amides is 1. The highest BCUT2D eigenvalue weighted by molar-refractivity contribution is 6.30. The van der Waals surface area contributed by atoms with E-state index in [1.807, 2.05) is 0 Å². The van der Waals surface area contributed by atoms with E-state index in [9.17, 15) is 9.18 Å². The molecule has 0 spiro atoms. The molecule has 122 valence electrons. The van der Waals surface area contributed by atoms with Crippen LogP contribution in [0, 0.1) is 5.82 Å². The minimum absolute atomic E-state index is 0.0223. The molecule has 3 rings (SSSR count). The molecule has 0 radical (unpaired) electrons. The lowest BCUT2D eigenvalue weighted by Crippen LogP contribution is -2.33. The van der Waals surface area contributed by atoms with Crippen molar-refractivity contribution in [3.05, 3.63) is 52.8 Å². The Morgan fingerprint density at radius 1 is 1.57 bits per heavy atom. The topological polar surface area (TPSA) is 58.2 Å². The van der Waals surface area contributed by atoms with E-state index in [2.05, 4.69) is 9.97 Å². The van der Waals surface area contributed by atoms with Gasteiger partial charge in [-0.15, -0.1) is 0 Å². The van der Waals surface area contributed by atoms with Crippen LogP contribution in [-0.2, 0) is 16.0 Å². The zero-order valence-corrected chi connectivity index (χ0v) is 13.4. The first-order valence-corrected chi connectivity index (χ1v) is 7.72. The fraction of sp³-hybridized carbons (Fsp3) is 0.375. The number of nitrogens with one attached hydrogen (secondary N) is 1. The van der Waals surface area contributed by atoms with Crippen LogP contribution in [0.5, 0.6) is 0 Å². The quantitative estimate of drug-likeness (QED) is 0.933. The number of halogens is 2. The maximum atomic E-state index is 14.0. The molecule has 0 saturated carbocycles. The van der Waals surface area contributed by atoms with Gasteiger partial charge >= 0.3 is 0 Å². The van der Waals surface area contributed by atoms with Gasteiger partial charge in [0.1, 0.15) is 11.6 Å². The number of aromatic amines is 1. The number of likely N-dealkylation sites (tertiary alicyclic amines) is 1. The lowest BCUT2D eigenvalue weighted by molar-refractivity contribution is -0.131. The van der Waals surface area contributed by atoms with Crippen molar-refractivity contribution in [2.24, 2.45) is 0 Å². The number of rotatable bonds is 4. The van der Waals surface area contributed by atoms with Gasteiger partial charge in [0.15, 0.2) is 0 Å². The summed E-state index contributed by atoms with van der Waals surface area (Å²) in [6, 6.07) is 4.49. The summed E-state index contributed by atoms with van der Waals surface area (Å²) in [5.41, 5.74) is 0.293. The van der Waals surface area contributed by atoms with E-state index < -0.39 is 5.82 Å². The maximum absolute atomic E-state index is 14.0. The fourth-order valence-corrected chi connectivity index (χ4v) is 3.11. The van der Waals surface area contributed by atoms with Gasteiger partial charge in [-0.05, 0) is 11.6 Å². The van der Waals surface area contributed by atoms with Gasteiger partial charge in [-0.2, -0.15) is 0 Å². The summed E-state index contributed by atoms with van der Waals surface area (Å²) in [6.45, 7) is 0.461. The van der Waals surface area contributed by atoms with E-state index in [0.717, 1.165) is 0 Å². The number of ether oxygens (including phenoxy) is 1. The molecule has 1 aromatic carbocycles. The Hall–Kier alpha value is -1.92. The molecule has 0 aliphatic carbocycles. The molecule has 0 bridgehead atoms. The highest BCUT2D eigenvalue weighted by Gasteiger charge is 2.37. The van der Waals surface area contributed by atoms with E-state index in [1.165, 1.54) is 6.07 Å². The van der Waals surface area contributed by atoms with Gasteiger partial charge in [0.2, 0.25) is 5.91 Å². The first-order valence-electron chi connectivity index (χ1n) is 7.34. The van der Waals surface area contributed by atoms with Gasteiger partial charge in [-0.1, -0.05) is 23.7 Å². The van der Waals surface area contributed by atoms with Gasteiger partial charge in [-0.3, -0.25) is 4.79 Å². The van der Waals surface area contributed by atoms with Crippen LogP contribution in [0.25, 0.3) is 0 Å². The van der Waals surface area contributed by atoms with E-state index in [4.69, 9.17) is 16.3 Å². The second-order valence-corrected chi connectivity index (χ2v) is 5.93. The molecule has 5 nitrogen and oxygen atoms in total. The molecule has 1 aliphatic rings. The SMILES string of the molecule is CO[C@@H]1CC(c2ncc[nH]2)N(C(=O)Cc2cccc(Cl)c2F)C1. The van der Waals surface area contributed by atoms with Crippen LogP contribution in [0.1, 0.15) is 23.9 Å². The fourth-order valence-electron chi connectivity index (χ4n) is 2.91. The lowest BCUT2D eigenvalue weighted by Gasteiger charge is -2.23. The summed E-state index contributed by atoms with van der Waals surface area (Å²) in [5.74, 6) is -0.00358. The van der Waals surface area contributed by atoms with E-state index in [-0.39, 0.29) is 29.5 Å². The number of carbonyl (C=O) groups excluding carboxylic acids is 1. The Morgan fingerprint density at radius 2 is 2.39 bits per heavy atom. The van der Waals surface area contributed by atoms with E-state index in [0.29, 0.717) is 24.4 Å². The molecule has 2 aromatic rings. The molecule has 1 aliphatic heterocycles. The van der Waals surface area contributed by atoms with Gasteiger partial charge in [0.05, 0.1) is 23.6 Å². The zero-order chi connectivity index (χ0) is 16.4. The van der Waals surface area contributed by atoms with Crippen LogP contribution in [0.3, 0.4) is 0 Å². The molecule has 1 saturated heterocycles. The smallest absolute Gasteiger partial charge is 0.227 e. The lowest BCUT2D eigenvalue weighted by atomic mass is 10.1. The Kier molecular flexibility index (Phi) is 4.63. The molecule has 2 atom stereocenters. The predicted molar refractivity (Wildman–Crippen MR) is 83.6 cm³/mol. The van der Waals surface area contributed by atoms with Crippen molar-refractivity contribution in [1.29, 1.82) is 0 Å². The van der Waals surface area contributed by atoms with Crippen LogP contribution in [0.15, 0.2) is 30.6 Å². The van der Waals surface area contributed by atoms with Crippen molar-refractivity contribution < 1.29 is 13.9 Å². The van der Waals surface area contributed by atoms with Crippen LogP contribution >= 0.6 is 11.6 Å². The van der Waals surface area contributed by atoms with Gasteiger partial charge < -0.3 is 14.6 Å². The minimum atomic E-state index is -0.542. The highest BCUT2D eigenvalue weighted by atomic mass is 35.5. The summed E-state index contributed by atoms with van der Waals surface area (Å²) in [7, 11) is 1.62. The van der Waals surface area contributed by atoms with Gasteiger partial charge in [0, 0.05) is 32.5 Å². The number of benzene rings is 1. The minimum Gasteiger partial charge on any atom is -0.380 e. The summed E-state index contributed by atoms with van der Waals surface area (Å²) in [4.78, 5) is 21.6. The summed E-state index contributed by atoms with van der Waals surface area (Å²) in [6.07, 6.45) is 3.93. The Labute approximate surface area is 138 Å². The standard InChI is InChI=1S/C16H17ClFN3O2/c1-23-11-8-13(16-19-5-6-20-16)21(9-11)14(22)7-10-3-2-4-12(17)15(10)18/h2-6,11,13H,7-9H2,1H3,(H,19,20)/t11-,13?/m1/s1. The molecule has 1 N–H and O–H groups in total. The van der Waals surface area contributed by atoms with Gasteiger partial charge in [-0.25, -0.2) is 9.37 Å². The average Bonchev–Trinajstić information content (AvgIpc) is 3.20. The Balaban J connectivity index is 1.80. The Bertz CT molecular complexity index is 693. The molecule has 23 heavy (non-hydrogen) atoms. The molecule has 1 unspecified atom stereocenters. The second kappa shape index (κ2) is 6.68. The normalized spacial score (nSPS) is 20.9.